The summed E-state index contributed by atoms with van der Waals surface area (Å²) in [4.78, 5) is 7.27. The van der Waals surface area contributed by atoms with E-state index in [9.17, 15) is 10.4 Å². The van der Waals surface area contributed by atoms with Crippen LogP contribution in [0.2, 0.25) is 0 Å². The highest BCUT2D eigenvalue weighted by Gasteiger charge is 2.34. The number of aliphatic hydroxyl groups is 1. The Morgan fingerprint density at radius 2 is 2.00 bits per heavy atom. The predicted octanol–water partition coefficient (Wildman–Crippen LogP) is 3.88. The van der Waals surface area contributed by atoms with E-state index in [0.717, 1.165) is 48.0 Å². The molecule has 1 unspecified atom stereocenters. The standard InChI is InChI=1S/C20H27N3OS/c1-13(2)11-23-19(14(3)24)12-25-20(23)22-18-9-8-15(10-21)16-6-4-5-7-17(16)18/h8-9,13-14,19,24H,4-7,11-12H2,1-3H3/t14?,19-/m1/s1. The topological polar surface area (TPSA) is 59.6 Å². The van der Waals surface area contributed by atoms with Crippen LogP contribution in [0.15, 0.2) is 17.1 Å². The molecule has 1 N–H and O–H groups in total. The number of hydrogen-bond acceptors (Lipinski definition) is 4. The summed E-state index contributed by atoms with van der Waals surface area (Å²) in [7, 11) is 0. The highest BCUT2D eigenvalue weighted by atomic mass is 32.2. The number of aliphatic imine (C=N–C) groups is 1. The number of thioether (sulfide) groups is 1. The minimum atomic E-state index is -0.367. The maximum absolute atomic E-state index is 10.1. The van der Waals surface area contributed by atoms with Crippen molar-refractivity contribution in [3.8, 4) is 6.07 Å². The third kappa shape index (κ3) is 3.86. The molecular weight excluding hydrogens is 330 g/mol. The van der Waals surface area contributed by atoms with E-state index in [0.29, 0.717) is 5.92 Å². The van der Waals surface area contributed by atoms with E-state index in [2.05, 4.69) is 24.8 Å². The molecule has 1 fully saturated rings. The maximum atomic E-state index is 10.1. The summed E-state index contributed by atoms with van der Waals surface area (Å²) in [5.41, 5.74) is 4.26. The summed E-state index contributed by atoms with van der Waals surface area (Å²) < 4.78 is 0. The summed E-state index contributed by atoms with van der Waals surface area (Å²) in [6, 6.07) is 6.38. The van der Waals surface area contributed by atoms with E-state index in [1.807, 2.05) is 19.1 Å². The minimum absolute atomic E-state index is 0.125. The fraction of sp³-hybridized carbons (Fsp3) is 0.600. The molecular formula is C20H27N3OS. The van der Waals surface area contributed by atoms with Crippen LogP contribution in [0, 0.1) is 17.2 Å². The van der Waals surface area contributed by atoms with Crippen LogP contribution in [0.5, 0.6) is 0 Å². The number of nitriles is 1. The van der Waals surface area contributed by atoms with Crippen LogP contribution in [0.3, 0.4) is 0 Å². The third-order valence-corrected chi connectivity index (χ3v) is 6.09. The minimum Gasteiger partial charge on any atom is -0.391 e. The van der Waals surface area contributed by atoms with Crippen molar-refractivity contribution in [1.82, 2.24) is 4.90 Å². The van der Waals surface area contributed by atoms with Crippen LogP contribution in [0.25, 0.3) is 0 Å². The number of aliphatic hydroxyl groups excluding tert-OH is 1. The zero-order valence-electron chi connectivity index (χ0n) is 15.3. The monoisotopic (exact) mass is 357 g/mol. The van der Waals surface area contributed by atoms with Gasteiger partial charge in [-0.3, -0.25) is 0 Å². The van der Waals surface area contributed by atoms with Crippen LogP contribution >= 0.6 is 11.8 Å². The molecule has 2 atom stereocenters. The maximum Gasteiger partial charge on any atom is 0.164 e. The van der Waals surface area contributed by atoms with Crippen molar-refractivity contribution in [2.45, 2.75) is 58.6 Å². The fourth-order valence-corrected chi connectivity index (χ4v) is 5.06. The summed E-state index contributed by atoms with van der Waals surface area (Å²) in [6.07, 6.45) is 3.94. The molecule has 4 nitrogen and oxygen atoms in total. The lowest BCUT2D eigenvalue weighted by molar-refractivity contribution is 0.111. The molecule has 5 heteroatoms. The molecule has 25 heavy (non-hydrogen) atoms. The molecule has 134 valence electrons. The molecule has 0 spiro atoms. The highest BCUT2D eigenvalue weighted by Crippen LogP contribution is 2.35. The Morgan fingerprint density at radius 3 is 2.64 bits per heavy atom. The molecule has 1 aliphatic heterocycles. The summed E-state index contributed by atoms with van der Waals surface area (Å²) in [6.45, 7) is 7.16. The second kappa shape index (κ2) is 7.80. The van der Waals surface area contributed by atoms with Crippen molar-refractivity contribution in [1.29, 1.82) is 5.26 Å². The van der Waals surface area contributed by atoms with Crippen LogP contribution in [0.1, 0.15) is 50.3 Å². The number of benzene rings is 1. The Kier molecular flexibility index (Phi) is 5.71. The largest absolute Gasteiger partial charge is 0.391 e. The zero-order chi connectivity index (χ0) is 18.0. The van der Waals surface area contributed by atoms with Crippen molar-refractivity contribution in [3.05, 3.63) is 28.8 Å². The van der Waals surface area contributed by atoms with E-state index in [1.165, 1.54) is 17.5 Å². The first-order valence-electron chi connectivity index (χ1n) is 9.22. The lowest BCUT2D eigenvalue weighted by Crippen LogP contribution is -2.43. The molecule has 1 aromatic carbocycles. The van der Waals surface area contributed by atoms with Gasteiger partial charge in [0.05, 0.1) is 29.5 Å². The molecule has 1 aromatic rings. The van der Waals surface area contributed by atoms with Gasteiger partial charge in [0.25, 0.3) is 0 Å². The Labute approximate surface area is 154 Å². The third-order valence-electron chi connectivity index (χ3n) is 4.99. The van der Waals surface area contributed by atoms with Crippen LogP contribution < -0.4 is 0 Å². The van der Waals surface area contributed by atoms with Gasteiger partial charge in [-0.05, 0) is 61.8 Å². The second-order valence-electron chi connectivity index (χ2n) is 7.47. The van der Waals surface area contributed by atoms with Gasteiger partial charge >= 0.3 is 0 Å². The first-order chi connectivity index (χ1) is 12.0. The van der Waals surface area contributed by atoms with E-state index >= 15 is 0 Å². The molecule has 0 amide bonds. The lowest BCUT2D eigenvalue weighted by atomic mass is 9.87. The Hall–Kier alpha value is -1.51. The van der Waals surface area contributed by atoms with Gasteiger partial charge in [-0.15, -0.1) is 0 Å². The lowest BCUT2D eigenvalue weighted by Gasteiger charge is -2.29. The van der Waals surface area contributed by atoms with Gasteiger partial charge in [0.15, 0.2) is 5.17 Å². The molecule has 0 saturated carbocycles. The van der Waals surface area contributed by atoms with Gasteiger partial charge in [-0.2, -0.15) is 5.26 Å². The quantitative estimate of drug-likeness (QED) is 0.888. The van der Waals surface area contributed by atoms with Crippen LogP contribution in [-0.4, -0.2) is 39.6 Å². The van der Waals surface area contributed by atoms with Crippen molar-refractivity contribution < 1.29 is 5.11 Å². The fourth-order valence-electron chi connectivity index (χ4n) is 3.74. The van der Waals surface area contributed by atoms with E-state index in [4.69, 9.17) is 4.99 Å². The van der Waals surface area contributed by atoms with Gasteiger partial charge in [-0.1, -0.05) is 25.6 Å². The first kappa shape index (κ1) is 18.3. The average molecular weight is 358 g/mol. The second-order valence-corrected chi connectivity index (χ2v) is 8.45. The van der Waals surface area contributed by atoms with E-state index < -0.39 is 0 Å². The number of amidine groups is 1. The molecule has 1 aliphatic carbocycles. The molecule has 1 saturated heterocycles. The Bertz CT molecular complexity index is 706. The molecule has 1 heterocycles. The average Bonchev–Trinajstić information content (AvgIpc) is 2.97. The van der Waals surface area contributed by atoms with Crippen LogP contribution in [0.4, 0.5) is 5.69 Å². The number of rotatable bonds is 4. The van der Waals surface area contributed by atoms with Gasteiger partial charge in [-0.25, -0.2) is 4.99 Å². The predicted molar refractivity (Wildman–Crippen MR) is 104 cm³/mol. The summed E-state index contributed by atoms with van der Waals surface area (Å²) in [5, 5.41) is 20.5. The summed E-state index contributed by atoms with van der Waals surface area (Å²) >= 11 is 1.74. The molecule has 0 radical (unpaired) electrons. The Morgan fingerprint density at radius 1 is 1.28 bits per heavy atom. The smallest absolute Gasteiger partial charge is 0.164 e. The summed E-state index contributed by atoms with van der Waals surface area (Å²) in [5.74, 6) is 1.39. The van der Waals surface area contributed by atoms with Crippen LogP contribution in [-0.2, 0) is 12.8 Å². The van der Waals surface area contributed by atoms with Gasteiger partial charge in [0.2, 0.25) is 0 Å². The van der Waals surface area contributed by atoms with Crippen molar-refractivity contribution in [2.75, 3.05) is 12.3 Å². The van der Waals surface area contributed by atoms with E-state index in [1.54, 1.807) is 11.8 Å². The normalized spacial score (nSPS) is 23.0. The van der Waals surface area contributed by atoms with Crippen molar-refractivity contribution in [2.24, 2.45) is 10.9 Å². The Balaban J connectivity index is 1.98. The highest BCUT2D eigenvalue weighted by molar-refractivity contribution is 8.14. The SMILES string of the molecule is CC(C)CN1C(=Nc2ccc(C#N)c3c2CCCC3)SC[C@@H]1C(C)O. The molecule has 2 aliphatic rings. The van der Waals surface area contributed by atoms with Crippen molar-refractivity contribution >= 4 is 22.6 Å². The molecule has 0 bridgehead atoms. The number of fused-ring (bicyclic) bond motifs is 1. The van der Waals surface area contributed by atoms with Crippen molar-refractivity contribution in [3.63, 3.8) is 0 Å². The van der Waals surface area contributed by atoms with Gasteiger partial charge < -0.3 is 10.0 Å². The number of hydrogen-bond donors (Lipinski definition) is 1. The van der Waals surface area contributed by atoms with Gasteiger partial charge in [0, 0.05) is 12.3 Å². The number of nitrogens with zero attached hydrogens (tertiary/aromatic N) is 3. The van der Waals surface area contributed by atoms with E-state index in [-0.39, 0.29) is 12.1 Å². The molecule has 0 aromatic heterocycles. The first-order valence-corrected chi connectivity index (χ1v) is 10.2. The van der Waals surface area contributed by atoms with Gasteiger partial charge in [0.1, 0.15) is 0 Å². The molecule has 3 rings (SSSR count). The zero-order valence-corrected chi connectivity index (χ0v) is 16.1.